The fraction of sp³-hybridized carbons (Fsp3) is 0.533. The van der Waals surface area contributed by atoms with Crippen LogP contribution in [0.3, 0.4) is 0 Å². The lowest BCUT2D eigenvalue weighted by atomic mass is 10.0. The maximum absolute atomic E-state index is 12.0. The van der Waals surface area contributed by atoms with Gasteiger partial charge in [0.05, 0.1) is 5.92 Å². The van der Waals surface area contributed by atoms with Crippen molar-refractivity contribution in [2.45, 2.75) is 52.1 Å². The highest BCUT2D eigenvalue weighted by molar-refractivity contribution is 5.77. The monoisotopic (exact) mass is 234 g/mol. The summed E-state index contributed by atoms with van der Waals surface area (Å²) >= 11 is 0. The van der Waals surface area contributed by atoms with Gasteiger partial charge in [0.25, 0.3) is 0 Å². The van der Waals surface area contributed by atoms with E-state index in [1.165, 1.54) is 0 Å². The summed E-state index contributed by atoms with van der Waals surface area (Å²) < 4.78 is 5.52. The Morgan fingerprint density at radius 3 is 2.41 bits per heavy atom. The van der Waals surface area contributed by atoms with Gasteiger partial charge in [-0.05, 0) is 25.3 Å². The highest BCUT2D eigenvalue weighted by atomic mass is 16.5. The number of rotatable bonds is 6. The van der Waals surface area contributed by atoms with Crippen LogP contribution in [-0.2, 0) is 9.53 Å². The average molecular weight is 234 g/mol. The van der Waals surface area contributed by atoms with Crippen molar-refractivity contribution in [3.05, 3.63) is 35.9 Å². The van der Waals surface area contributed by atoms with Gasteiger partial charge in [0, 0.05) is 0 Å². The third kappa shape index (κ3) is 4.22. The number of hydrogen-bond donors (Lipinski definition) is 0. The van der Waals surface area contributed by atoms with Crippen molar-refractivity contribution >= 4 is 5.97 Å². The molecular weight excluding hydrogens is 212 g/mol. The second-order valence-electron chi connectivity index (χ2n) is 4.39. The molecule has 0 saturated heterocycles. The predicted octanol–water partition coefficient (Wildman–Crippen LogP) is 3.91. The molecule has 0 aliphatic heterocycles. The van der Waals surface area contributed by atoms with E-state index in [0.29, 0.717) is 0 Å². The second-order valence-corrected chi connectivity index (χ2v) is 4.39. The van der Waals surface area contributed by atoms with Crippen molar-refractivity contribution in [3.63, 3.8) is 0 Å². The Morgan fingerprint density at radius 1 is 1.24 bits per heavy atom. The van der Waals surface area contributed by atoms with Crippen LogP contribution in [0.4, 0.5) is 0 Å². The molecule has 0 aliphatic carbocycles. The fourth-order valence-corrected chi connectivity index (χ4v) is 1.81. The van der Waals surface area contributed by atoms with Crippen molar-refractivity contribution in [2.24, 2.45) is 0 Å². The van der Waals surface area contributed by atoms with Gasteiger partial charge < -0.3 is 4.74 Å². The Bertz CT molecular complexity index is 332. The second kappa shape index (κ2) is 7.10. The van der Waals surface area contributed by atoms with Crippen molar-refractivity contribution in [3.8, 4) is 0 Å². The Kier molecular flexibility index (Phi) is 5.75. The maximum atomic E-state index is 12.0. The van der Waals surface area contributed by atoms with E-state index in [2.05, 4.69) is 13.8 Å². The number of esters is 1. The van der Waals surface area contributed by atoms with Crippen LogP contribution >= 0.6 is 0 Å². The molecule has 0 aliphatic rings. The Hall–Kier alpha value is -1.31. The summed E-state index contributed by atoms with van der Waals surface area (Å²) in [6.45, 7) is 6.06. The van der Waals surface area contributed by atoms with Crippen molar-refractivity contribution in [2.75, 3.05) is 0 Å². The minimum absolute atomic E-state index is 0.0682. The van der Waals surface area contributed by atoms with E-state index in [4.69, 9.17) is 4.74 Å². The normalized spacial score (nSPS) is 14.1. The highest BCUT2D eigenvalue weighted by Gasteiger charge is 2.19. The topological polar surface area (TPSA) is 26.3 Å². The molecule has 0 fully saturated rings. The quantitative estimate of drug-likeness (QED) is 0.697. The summed E-state index contributed by atoms with van der Waals surface area (Å²) in [6, 6.07) is 9.78. The van der Waals surface area contributed by atoms with Crippen LogP contribution in [0.15, 0.2) is 30.3 Å². The van der Waals surface area contributed by atoms with Crippen LogP contribution in [0, 0.1) is 0 Å². The molecule has 0 radical (unpaired) electrons. The molecule has 0 unspecified atom stereocenters. The zero-order valence-electron chi connectivity index (χ0n) is 11.0. The fourth-order valence-electron chi connectivity index (χ4n) is 1.81. The van der Waals surface area contributed by atoms with Gasteiger partial charge in [0.1, 0.15) is 6.10 Å². The Labute approximate surface area is 104 Å². The first-order chi connectivity index (χ1) is 8.19. The standard InChI is InChI=1S/C15H22O2/c1-4-9-14(5-2)17-15(16)12(3)13-10-7-6-8-11-13/h6-8,10-12,14H,4-5,9H2,1-3H3/t12-,14+/m1/s1. The van der Waals surface area contributed by atoms with Gasteiger partial charge in [-0.2, -0.15) is 0 Å². The van der Waals surface area contributed by atoms with E-state index < -0.39 is 0 Å². The predicted molar refractivity (Wildman–Crippen MR) is 69.9 cm³/mol. The molecule has 2 nitrogen and oxygen atoms in total. The zero-order valence-corrected chi connectivity index (χ0v) is 11.0. The first kappa shape index (κ1) is 13.8. The first-order valence-corrected chi connectivity index (χ1v) is 6.44. The highest BCUT2D eigenvalue weighted by Crippen LogP contribution is 2.18. The summed E-state index contributed by atoms with van der Waals surface area (Å²) in [4.78, 5) is 12.0. The molecule has 2 heteroatoms. The van der Waals surface area contributed by atoms with Crippen LogP contribution in [-0.4, -0.2) is 12.1 Å². The van der Waals surface area contributed by atoms with E-state index >= 15 is 0 Å². The molecule has 1 aromatic rings. The molecule has 94 valence electrons. The lowest BCUT2D eigenvalue weighted by molar-refractivity contribution is -0.151. The molecular formula is C15H22O2. The van der Waals surface area contributed by atoms with Crippen LogP contribution in [0.2, 0.25) is 0 Å². The third-order valence-corrected chi connectivity index (χ3v) is 3.00. The van der Waals surface area contributed by atoms with Crippen LogP contribution in [0.1, 0.15) is 51.5 Å². The Morgan fingerprint density at radius 2 is 1.88 bits per heavy atom. The lowest BCUT2D eigenvalue weighted by Crippen LogP contribution is -2.21. The summed E-state index contributed by atoms with van der Waals surface area (Å²) in [5.74, 6) is -0.293. The number of benzene rings is 1. The van der Waals surface area contributed by atoms with Gasteiger partial charge in [0.15, 0.2) is 0 Å². The molecule has 0 heterocycles. The van der Waals surface area contributed by atoms with Gasteiger partial charge in [-0.3, -0.25) is 4.79 Å². The molecule has 0 aromatic heterocycles. The lowest BCUT2D eigenvalue weighted by Gasteiger charge is -2.18. The molecule has 2 atom stereocenters. The summed E-state index contributed by atoms with van der Waals surface area (Å²) in [7, 11) is 0. The van der Waals surface area contributed by atoms with Crippen LogP contribution in [0.25, 0.3) is 0 Å². The molecule has 0 amide bonds. The molecule has 0 N–H and O–H groups in total. The third-order valence-electron chi connectivity index (χ3n) is 3.00. The molecule has 1 aromatic carbocycles. The number of hydrogen-bond acceptors (Lipinski definition) is 2. The maximum Gasteiger partial charge on any atom is 0.313 e. The summed E-state index contributed by atoms with van der Waals surface area (Å²) in [5, 5.41) is 0. The summed E-state index contributed by atoms with van der Waals surface area (Å²) in [5.41, 5.74) is 1.02. The first-order valence-electron chi connectivity index (χ1n) is 6.44. The van der Waals surface area contributed by atoms with Crippen LogP contribution in [0.5, 0.6) is 0 Å². The van der Waals surface area contributed by atoms with E-state index in [-0.39, 0.29) is 18.0 Å². The van der Waals surface area contributed by atoms with E-state index in [1.807, 2.05) is 37.3 Å². The van der Waals surface area contributed by atoms with Gasteiger partial charge >= 0.3 is 5.97 Å². The van der Waals surface area contributed by atoms with Gasteiger partial charge in [0.2, 0.25) is 0 Å². The van der Waals surface area contributed by atoms with E-state index in [9.17, 15) is 4.79 Å². The van der Waals surface area contributed by atoms with Crippen molar-refractivity contribution in [1.82, 2.24) is 0 Å². The average Bonchev–Trinajstić information content (AvgIpc) is 2.38. The smallest absolute Gasteiger partial charge is 0.313 e. The largest absolute Gasteiger partial charge is 0.462 e. The van der Waals surface area contributed by atoms with Crippen molar-refractivity contribution in [1.29, 1.82) is 0 Å². The molecule has 17 heavy (non-hydrogen) atoms. The van der Waals surface area contributed by atoms with Crippen molar-refractivity contribution < 1.29 is 9.53 Å². The van der Waals surface area contributed by atoms with E-state index in [1.54, 1.807) is 0 Å². The molecule has 0 spiro atoms. The molecule has 1 rings (SSSR count). The van der Waals surface area contributed by atoms with E-state index in [0.717, 1.165) is 24.8 Å². The minimum atomic E-state index is -0.179. The SMILES string of the molecule is CCC[C@H](CC)OC(=O)[C@H](C)c1ccccc1. The molecule has 0 saturated carbocycles. The van der Waals surface area contributed by atoms with Gasteiger partial charge in [-0.1, -0.05) is 50.6 Å². The number of carbonyl (C=O) groups is 1. The minimum Gasteiger partial charge on any atom is -0.462 e. The number of ether oxygens (including phenoxy) is 1. The van der Waals surface area contributed by atoms with Crippen LogP contribution < -0.4 is 0 Å². The summed E-state index contributed by atoms with van der Waals surface area (Å²) in [6.07, 6.45) is 2.95. The van der Waals surface area contributed by atoms with Gasteiger partial charge in [-0.25, -0.2) is 0 Å². The zero-order chi connectivity index (χ0) is 12.7. The number of carbonyl (C=O) groups excluding carboxylic acids is 1. The van der Waals surface area contributed by atoms with Gasteiger partial charge in [-0.15, -0.1) is 0 Å². The molecule has 0 bridgehead atoms. The Balaban J connectivity index is 2.58.